The van der Waals surface area contributed by atoms with Gasteiger partial charge >= 0.3 is 0 Å². The molecule has 5 heteroatoms. The molecule has 0 saturated carbocycles. The molecule has 0 aromatic heterocycles. The van der Waals surface area contributed by atoms with Gasteiger partial charge in [-0.1, -0.05) is 17.7 Å². The van der Waals surface area contributed by atoms with Gasteiger partial charge in [-0.15, -0.1) is 0 Å². The van der Waals surface area contributed by atoms with Crippen LogP contribution in [-0.2, 0) is 6.54 Å². The average Bonchev–Trinajstić information content (AvgIpc) is 2.41. The van der Waals surface area contributed by atoms with Crippen molar-refractivity contribution in [3.8, 4) is 17.2 Å². The van der Waals surface area contributed by atoms with E-state index in [1.54, 1.807) is 13.2 Å². The maximum absolute atomic E-state index is 6.09. The van der Waals surface area contributed by atoms with Crippen LogP contribution in [0.4, 0.5) is 0 Å². The van der Waals surface area contributed by atoms with Crippen LogP contribution in [0.1, 0.15) is 5.56 Å². The fraction of sp³-hybridized carbons (Fsp3) is 0.143. The summed E-state index contributed by atoms with van der Waals surface area (Å²) in [5.74, 6) is 2.09. The maximum Gasteiger partial charge on any atom is 0.141 e. The predicted octanol–water partition coefficient (Wildman–Crippen LogP) is 4.36. The second-order valence-corrected chi connectivity index (χ2v) is 5.08. The SMILES string of the molecule is COc1ccc(Oc2cccc(Cl)c2CN)c(Br)c1. The topological polar surface area (TPSA) is 44.5 Å². The zero-order valence-electron chi connectivity index (χ0n) is 10.3. The normalized spacial score (nSPS) is 10.3. The maximum atomic E-state index is 6.09. The van der Waals surface area contributed by atoms with Crippen LogP contribution in [-0.4, -0.2) is 7.11 Å². The third-order valence-corrected chi connectivity index (χ3v) is 3.61. The zero-order valence-corrected chi connectivity index (χ0v) is 12.7. The molecule has 0 fully saturated rings. The molecule has 0 aliphatic carbocycles. The minimum atomic E-state index is 0.322. The van der Waals surface area contributed by atoms with Gasteiger partial charge in [0.15, 0.2) is 0 Å². The second-order valence-electron chi connectivity index (χ2n) is 3.82. The molecule has 2 N–H and O–H groups in total. The number of rotatable bonds is 4. The van der Waals surface area contributed by atoms with Gasteiger partial charge in [0.05, 0.1) is 11.6 Å². The molecular weight excluding hydrogens is 330 g/mol. The first-order valence-electron chi connectivity index (χ1n) is 5.64. The molecule has 2 rings (SSSR count). The minimum absolute atomic E-state index is 0.322. The van der Waals surface area contributed by atoms with E-state index in [1.165, 1.54) is 0 Å². The highest BCUT2D eigenvalue weighted by atomic mass is 79.9. The third kappa shape index (κ3) is 3.21. The lowest BCUT2D eigenvalue weighted by Crippen LogP contribution is -2.00. The van der Waals surface area contributed by atoms with Crippen molar-refractivity contribution in [2.75, 3.05) is 7.11 Å². The average molecular weight is 343 g/mol. The lowest BCUT2D eigenvalue weighted by molar-refractivity contribution is 0.412. The van der Waals surface area contributed by atoms with Crippen LogP contribution < -0.4 is 15.2 Å². The summed E-state index contributed by atoms with van der Waals surface area (Å²) in [6.07, 6.45) is 0. The van der Waals surface area contributed by atoms with Crippen LogP contribution in [0.5, 0.6) is 17.2 Å². The fourth-order valence-corrected chi connectivity index (χ4v) is 2.32. The van der Waals surface area contributed by atoms with Gasteiger partial charge in [0.2, 0.25) is 0 Å². The Morgan fingerprint density at radius 1 is 1.21 bits per heavy atom. The summed E-state index contributed by atoms with van der Waals surface area (Å²) in [5, 5.41) is 0.602. The summed E-state index contributed by atoms with van der Waals surface area (Å²) in [7, 11) is 1.62. The number of nitrogens with two attached hydrogens (primary N) is 1. The number of benzene rings is 2. The molecule has 2 aromatic rings. The lowest BCUT2D eigenvalue weighted by atomic mass is 10.2. The molecule has 0 radical (unpaired) electrons. The minimum Gasteiger partial charge on any atom is -0.497 e. The van der Waals surface area contributed by atoms with Gasteiger partial charge in [0.1, 0.15) is 17.2 Å². The van der Waals surface area contributed by atoms with Crippen LogP contribution in [0, 0.1) is 0 Å². The molecule has 100 valence electrons. The summed E-state index contributed by atoms with van der Waals surface area (Å²) < 4.78 is 11.8. The molecule has 0 aliphatic rings. The lowest BCUT2D eigenvalue weighted by Gasteiger charge is -2.13. The van der Waals surface area contributed by atoms with Gasteiger partial charge in [-0.2, -0.15) is 0 Å². The highest BCUT2D eigenvalue weighted by molar-refractivity contribution is 9.10. The summed E-state index contributed by atoms with van der Waals surface area (Å²) in [4.78, 5) is 0. The second kappa shape index (κ2) is 6.28. The van der Waals surface area contributed by atoms with Gasteiger partial charge in [-0.25, -0.2) is 0 Å². The van der Waals surface area contributed by atoms with E-state index in [9.17, 15) is 0 Å². The van der Waals surface area contributed by atoms with Crippen LogP contribution >= 0.6 is 27.5 Å². The van der Waals surface area contributed by atoms with E-state index in [2.05, 4.69) is 15.9 Å². The molecule has 0 heterocycles. The third-order valence-electron chi connectivity index (χ3n) is 2.64. The standard InChI is InChI=1S/C14H13BrClNO2/c1-18-9-5-6-14(11(15)7-9)19-13-4-2-3-12(16)10(13)8-17/h2-7H,8,17H2,1H3. The number of hydrogen-bond acceptors (Lipinski definition) is 3. The van der Waals surface area contributed by atoms with Gasteiger partial charge in [0, 0.05) is 17.1 Å². The fourth-order valence-electron chi connectivity index (χ4n) is 1.64. The largest absolute Gasteiger partial charge is 0.497 e. The van der Waals surface area contributed by atoms with Crippen LogP contribution in [0.2, 0.25) is 5.02 Å². The zero-order chi connectivity index (χ0) is 13.8. The van der Waals surface area contributed by atoms with E-state index in [-0.39, 0.29) is 0 Å². The highest BCUT2D eigenvalue weighted by Gasteiger charge is 2.10. The van der Waals surface area contributed by atoms with Crippen molar-refractivity contribution in [2.24, 2.45) is 5.73 Å². The first kappa shape index (κ1) is 14.2. The highest BCUT2D eigenvalue weighted by Crippen LogP contribution is 2.35. The summed E-state index contributed by atoms with van der Waals surface area (Å²) in [5.41, 5.74) is 6.48. The summed E-state index contributed by atoms with van der Waals surface area (Å²) >= 11 is 9.53. The Labute approximate surface area is 125 Å². The molecular formula is C14H13BrClNO2. The van der Waals surface area contributed by atoms with Crippen LogP contribution in [0.15, 0.2) is 40.9 Å². The van der Waals surface area contributed by atoms with E-state index < -0.39 is 0 Å². The Kier molecular flexibility index (Phi) is 4.69. The molecule has 19 heavy (non-hydrogen) atoms. The van der Waals surface area contributed by atoms with E-state index in [0.717, 1.165) is 15.8 Å². The van der Waals surface area contributed by atoms with Crippen molar-refractivity contribution in [3.63, 3.8) is 0 Å². The Bertz CT molecular complexity index is 590. The first-order chi connectivity index (χ1) is 9.15. The number of ether oxygens (including phenoxy) is 2. The van der Waals surface area contributed by atoms with Crippen molar-refractivity contribution < 1.29 is 9.47 Å². The number of halogens is 2. The molecule has 0 aliphatic heterocycles. The van der Waals surface area contributed by atoms with Crippen LogP contribution in [0.3, 0.4) is 0 Å². The number of methoxy groups -OCH3 is 1. The number of hydrogen-bond donors (Lipinski definition) is 1. The van der Waals surface area contributed by atoms with E-state index in [4.69, 9.17) is 26.8 Å². The van der Waals surface area contributed by atoms with E-state index >= 15 is 0 Å². The smallest absolute Gasteiger partial charge is 0.141 e. The molecule has 0 spiro atoms. The Balaban J connectivity index is 2.34. The molecule has 2 aromatic carbocycles. The quantitative estimate of drug-likeness (QED) is 0.897. The molecule has 0 atom stereocenters. The van der Waals surface area contributed by atoms with Gasteiger partial charge in [-0.3, -0.25) is 0 Å². The van der Waals surface area contributed by atoms with Crippen molar-refractivity contribution in [2.45, 2.75) is 6.54 Å². The monoisotopic (exact) mass is 341 g/mol. The molecule has 0 saturated heterocycles. The van der Waals surface area contributed by atoms with Crippen molar-refractivity contribution in [1.29, 1.82) is 0 Å². The van der Waals surface area contributed by atoms with Gasteiger partial charge < -0.3 is 15.2 Å². The van der Waals surface area contributed by atoms with Crippen molar-refractivity contribution >= 4 is 27.5 Å². The first-order valence-corrected chi connectivity index (χ1v) is 6.81. The van der Waals surface area contributed by atoms with Crippen molar-refractivity contribution in [1.82, 2.24) is 0 Å². The predicted molar refractivity (Wildman–Crippen MR) is 80.1 cm³/mol. The summed E-state index contributed by atoms with van der Waals surface area (Å²) in [6.45, 7) is 0.322. The molecule has 0 unspecified atom stereocenters. The van der Waals surface area contributed by atoms with E-state index in [1.807, 2.05) is 30.3 Å². The Hall–Kier alpha value is -1.23. The van der Waals surface area contributed by atoms with Gasteiger partial charge in [0.25, 0.3) is 0 Å². The van der Waals surface area contributed by atoms with E-state index in [0.29, 0.717) is 23.1 Å². The summed E-state index contributed by atoms with van der Waals surface area (Å²) in [6, 6.07) is 10.9. The van der Waals surface area contributed by atoms with Crippen molar-refractivity contribution in [3.05, 3.63) is 51.5 Å². The Morgan fingerprint density at radius 2 is 2.00 bits per heavy atom. The van der Waals surface area contributed by atoms with Gasteiger partial charge in [-0.05, 0) is 46.3 Å². The molecule has 0 bridgehead atoms. The van der Waals surface area contributed by atoms with Crippen LogP contribution in [0.25, 0.3) is 0 Å². The Morgan fingerprint density at radius 3 is 2.63 bits per heavy atom. The molecule has 3 nitrogen and oxygen atoms in total. The molecule has 0 amide bonds.